The summed E-state index contributed by atoms with van der Waals surface area (Å²) in [5.74, 6) is -0.616. The average molecular weight is 259 g/mol. The van der Waals surface area contributed by atoms with Crippen LogP contribution in [0.4, 0.5) is 0 Å². The van der Waals surface area contributed by atoms with Gasteiger partial charge < -0.3 is 15.0 Å². The van der Waals surface area contributed by atoms with E-state index in [1.807, 2.05) is 6.92 Å². The van der Waals surface area contributed by atoms with Gasteiger partial charge in [-0.15, -0.1) is 0 Å². The van der Waals surface area contributed by atoms with Gasteiger partial charge in [-0.1, -0.05) is 6.92 Å². The van der Waals surface area contributed by atoms with Gasteiger partial charge in [-0.25, -0.2) is 0 Å². The number of nitrogens with zero attached hydrogens (tertiary/aromatic N) is 1. The number of carbonyl (C=O) groups is 2. The molecule has 6 nitrogen and oxygen atoms in total. The molecule has 1 unspecified atom stereocenters. The minimum atomic E-state index is -0.379. The number of ether oxygens (including phenoxy) is 1. The highest BCUT2D eigenvalue weighted by atomic mass is 32.1. The van der Waals surface area contributed by atoms with Gasteiger partial charge in [0, 0.05) is 13.7 Å². The lowest BCUT2D eigenvalue weighted by atomic mass is 10.1. The Morgan fingerprint density at radius 2 is 2.35 bits per heavy atom. The Morgan fingerprint density at radius 3 is 2.94 bits per heavy atom. The Kier molecular flexibility index (Phi) is 5.30. The normalized spacial score (nSPS) is 20.1. The molecule has 0 aromatic heterocycles. The largest absolute Gasteiger partial charge is 0.383 e. The summed E-state index contributed by atoms with van der Waals surface area (Å²) < 4.78 is 4.89. The molecule has 0 radical (unpaired) electrons. The summed E-state index contributed by atoms with van der Waals surface area (Å²) in [6, 6.07) is -0.379. The standard InChI is InChI=1S/C10H17N3O3S/c1-3-7-9(15)12-8(14)6-13(7)10(17)11-4-5-16-2/h7H,3-6H2,1-2H3,(H,11,17)(H,12,14,15). The maximum atomic E-state index is 11.6. The van der Waals surface area contributed by atoms with Crippen molar-refractivity contribution in [1.82, 2.24) is 15.5 Å². The van der Waals surface area contributed by atoms with E-state index in [1.165, 1.54) is 0 Å². The maximum Gasteiger partial charge on any atom is 0.249 e. The molecular weight excluding hydrogens is 242 g/mol. The molecule has 1 aliphatic heterocycles. The van der Waals surface area contributed by atoms with Crippen molar-refractivity contribution in [3.8, 4) is 0 Å². The van der Waals surface area contributed by atoms with Gasteiger partial charge in [0.1, 0.15) is 12.6 Å². The van der Waals surface area contributed by atoms with Gasteiger partial charge in [0.05, 0.1) is 6.61 Å². The van der Waals surface area contributed by atoms with Crippen LogP contribution in [-0.4, -0.2) is 54.7 Å². The molecule has 0 aromatic rings. The molecule has 1 atom stereocenters. The number of carbonyl (C=O) groups excluding carboxylic acids is 2. The van der Waals surface area contributed by atoms with Crippen LogP contribution < -0.4 is 10.6 Å². The van der Waals surface area contributed by atoms with Crippen LogP contribution in [0.15, 0.2) is 0 Å². The van der Waals surface area contributed by atoms with E-state index in [4.69, 9.17) is 17.0 Å². The average Bonchev–Trinajstić information content (AvgIpc) is 2.28. The maximum absolute atomic E-state index is 11.6. The van der Waals surface area contributed by atoms with Gasteiger partial charge >= 0.3 is 0 Å². The van der Waals surface area contributed by atoms with Gasteiger partial charge in [-0.3, -0.25) is 14.9 Å². The molecule has 2 amide bonds. The second kappa shape index (κ2) is 6.51. The SMILES string of the molecule is CCC1C(=O)NC(=O)CN1C(=S)NCCOC. The van der Waals surface area contributed by atoms with Gasteiger partial charge in [0.25, 0.3) is 0 Å². The molecule has 7 heteroatoms. The quantitative estimate of drug-likeness (QED) is 0.393. The monoisotopic (exact) mass is 259 g/mol. The molecule has 1 heterocycles. The van der Waals surface area contributed by atoms with Crippen LogP contribution in [0.1, 0.15) is 13.3 Å². The van der Waals surface area contributed by atoms with Crippen LogP contribution in [0, 0.1) is 0 Å². The first kappa shape index (κ1) is 13.9. The number of hydrogen-bond acceptors (Lipinski definition) is 4. The first-order chi connectivity index (χ1) is 8.10. The summed E-state index contributed by atoms with van der Waals surface area (Å²) in [6.07, 6.45) is 0.602. The molecule has 0 aromatic carbocycles. The lowest BCUT2D eigenvalue weighted by Gasteiger charge is -2.35. The van der Waals surface area contributed by atoms with Crippen LogP contribution in [-0.2, 0) is 14.3 Å². The highest BCUT2D eigenvalue weighted by Gasteiger charge is 2.33. The molecular formula is C10H17N3O3S. The molecule has 0 aliphatic carbocycles. The van der Waals surface area contributed by atoms with Crippen molar-refractivity contribution in [2.24, 2.45) is 0 Å². The summed E-state index contributed by atoms with van der Waals surface area (Å²) in [4.78, 5) is 24.5. The lowest BCUT2D eigenvalue weighted by molar-refractivity contribution is -0.137. The molecule has 0 spiro atoms. The number of thiocarbonyl (C=S) groups is 1. The van der Waals surface area contributed by atoms with E-state index in [2.05, 4.69) is 10.6 Å². The summed E-state index contributed by atoms with van der Waals surface area (Å²) in [5, 5.41) is 5.67. The first-order valence-corrected chi connectivity index (χ1v) is 5.88. The minimum absolute atomic E-state index is 0.114. The van der Waals surface area contributed by atoms with E-state index in [1.54, 1.807) is 12.0 Å². The predicted molar refractivity (Wildman–Crippen MR) is 66.4 cm³/mol. The fourth-order valence-corrected chi connectivity index (χ4v) is 1.94. The molecule has 1 fully saturated rings. The van der Waals surface area contributed by atoms with Gasteiger partial charge in [0.15, 0.2) is 5.11 Å². The zero-order chi connectivity index (χ0) is 12.8. The predicted octanol–water partition coefficient (Wildman–Crippen LogP) is -0.756. The minimum Gasteiger partial charge on any atom is -0.383 e. The smallest absolute Gasteiger partial charge is 0.249 e. The van der Waals surface area contributed by atoms with Crippen LogP contribution in [0.5, 0.6) is 0 Å². The summed E-state index contributed by atoms with van der Waals surface area (Å²) in [7, 11) is 1.59. The number of methoxy groups -OCH3 is 1. The third kappa shape index (κ3) is 3.64. The Morgan fingerprint density at radius 1 is 1.65 bits per heavy atom. The number of rotatable bonds is 4. The van der Waals surface area contributed by atoms with Crippen LogP contribution in [0.25, 0.3) is 0 Å². The Bertz CT molecular complexity index is 322. The highest BCUT2D eigenvalue weighted by Crippen LogP contribution is 2.09. The second-order valence-electron chi connectivity index (χ2n) is 3.69. The van der Waals surface area contributed by atoms with Crippen molar-refractivity contribution in [1.29, 1.82) is 0 Å². The molecule has 96 valence electrons. The van der Waals surface area contributed by atoms with Crippen molar-refractivity contribution >= 4 is 29.1 Å². The lowest BCUT2D eigenvalue weighted by Crippen LogP contribution is -2.61. The molecule has 1 aliphatic rings. The fraction of sp³-hybridized carbons (Fsp3) is 0.700. The van der Waals surface area contributed by atoms with E-state index in [9.17, 15) is 9.59 Å². The molecule has 1 rings (SSSR count). The van der Waals surface area contributed by atoms with Crippen LogP contribution >= 0.6 is 12.2 Å². The number of imide groups is 1. The van der Waals surface area contributed by atoms with E-state index >= 15 is 0 Å². The van der Waals surface area contributed by atoms with Crippen LogP contribution in [0.2, 0.25) is 0 Å². The van der Waals surface area contributed by atoms with Crippen molar-refractivity contribution < 1.29 is 14.3 Å². The first-order valence-electron chi connectivity index (χ1n) is 5.47. The molecule has 1 saturated heterocycles. The summed E-state index contributed by atoms with van der Waals surface area (Å²) in [6.45, 7) is 3.07. The molecule has 17 heavy (non-hydrogen) atoms. The van der Waals surface area contributed by atoms with E-state index in [0.29, 0.717) is 24.7 Å². The van der Waals surface area contributed by atoms with E-state index in [-0.39, 0.29) is 24.4 Å². The number of hydrogen-bond donors (Lipinski definition) is 2. The number of piperazine rings is 1. The third-order valence-electron chi connectivity index (χ3n) is 2.49. The van der Waals surface area contributed by atoms with Gasteiger partial charge in [0.2, 0.25) is 11.8 Å². The fourth-order valence-electron chi connectivity index (χ4n) is 1.65. The van der Waals surface area contributed by atoms with Crippen molar-refractivity contribution in [2.45, 2.75) is 19.4 Å². The molecule has 2 N–H and O–H groups in total. The van der Waals surface area contributed by atoms with Crippen LogP contribution in [0.3, 0.4) is 0 Å². The van der Waals surface area contributed by atoms with E-state index < -0.39 is 0 Å². The zero-order valence-electron chi connectivity index (χ0n) is 9.99. The van der Waals surface area contributed by atoms with Gasteiger partial charge in [-0.2, -0.15) is 0 Å². The topological polar surface area (TPSA) is 70.7 Å². The third-order valence-corrected chi connectivity index (χ3v) is 2.86. The Balaban J connectivity index is 2.61. The van der Waals surface area contributed by atoms with Gasteiger partial charge in [-0.05, 0) is 18.6 Å². The Hall–Kier alpha value is -1.21. The van der Waals surface area contributed by atoms with E-state index in [0.717, 1.165) is 0 Å². The highest BCUT2D eigenvalue weighted by molar-refractivity contribution is 7.80. The summed E-state index contributed by atoms with van der Waals surface area (Å²) in [5.41, 5.74) is 0. The van der Waals surface area contributed by atoms with Crippen molar-refractivity contribution in [3.63, 3.8) is 0 Å². The number of amides is 2. The zero-order valence-corrected chi connectivity index (χ0v) is 10.8. The summed E-state index contributed by atoms with van der Waals surface area (Å²) >= 11 is 5.16. The second-order valence-corrected chi connectivity index (χ2v) is 4.08. The number of nitrogens with one attached hydrogen (secondary N) is 2. The molecule has 0 bridgehead atoms. The van der Waals surface area contributed by atoms with Crippen molar-refractivity contribution in [2.75, 3.05) is 26.8 Å². The van der Waals surface area contributed by atoms with Crippen molar-refractivity contribution in [3.05, 3.63) is 0 Å². The molecule has 0 saturated carbocycles. The Labute approximate surface area is 106 Å².